The molecule has 1 nitrogen and oxygen atoms in total. The van der Waals surface area contributed by atoms with Crippen molar-refractivity contribution in [1.29, 1.82) is 0 Å². The van der Waals surface area contributed by atoms with E-state index < -0.39 is 5.70 Å². The van der Waals surface area contributed by atoms with Gasteiger partial charge < -0.3 is 5.32 Å². The van der Waals surface area contributed by atoms with Crippen molar-refractivity contribution < 1.29 is 2.74 Å². The van der Waals surface area contributed by atoms with Gasteiger partial charge in [0.05, 0.1) is 0 Å². The third-order valence-corrected chi connectivity index (χ3v) is 1.98. The zero-order chi connectivity index (χ0) is 9.73. The van der Waals surface area contributed by atoms with E-state index in [0.717, 1.165) is 4.90 Å². The monoisotopic (exact) mass is 169 g/mol. The summed E-state index contributed by atoms with van der Waals surface area (Å²) in [5, 5.41) is 2.83. The SMILES string of the molecule is [2H]C([2H])(CNC)Sc1ccccc1. The summed E-state index contributed by atoms with van der Waals surface area (Å²) in [5.41, 5.74) is -1.24. The minimum absolute atomic E-state index is 0.354. The molecule has 0 aliphatic carbocycles. The predicted octanol–water partition coefficient (Wildman–Crippen LogP) is 2.00. The molecule has 0 saturated heterocycles. The molecule has 0 bridgehead atoms. The molecule has 0 aromatic heterocycles. The molecule has 0 spiro atoms. The summed E-state index contributed by atoms with van der Waals surface area (Å²) in [5.74, 6) is 0. The fourth-order valence-electron chi connectivity index (χ4n) is 0.680. The Morgan fingerprint density at radius 2 is 2.18 bits per heavy atom. The van der Waals surface area contributed by atoms with Gasteiger partial charge >= 0.3 is 0 Å². The maximum absolute atomic E-state index is 7.63. The normalized spacial score (nSPS) is 13.9. The van der Waals surface area contributed by atoms with E-state index in [4.69, 9.17) is 2.74 Å². The predicted molar refractivity (Wildman–Crippen MR) is 51.1 cm³/mol. The molecular weight excluding hydrogens is 154 g/mol. The quantitative estimate of drug-likeness (QED) is 0.692. The van der Waals surface area contributed by atoms with Crippen LogP contribution in [0, 0.1) is 0 Å². The fraction of sp³-hybridized carbons (Fsp3) is 0.333. The van der Waals surface area contributed by atoms with Gasteiger partial charge in [0.1, 0.15) is 0 Å². The molecule has 0 aliphatic heterocycles. The maximum atomic E-state index is 7.63. The van der Waals surface area contributed by atoms with E-state index in [1.807, 2.05) is 30.3 Å². The van der Waals surface area contributed by atoms with E-state index >= 15 is 0 Å². The minimum Gasteiger partial charge on any atom is -0.319 e. The van der Waals surface area contributed by atoms with Gasteiger partial charge in [-0.25, -0.2) is 0 Å². The lowest BCUT2D eigenvalue weighted by atomic mass is 10.4. The summed E-state index contributed by atoms with van der Waals surface area (Å²) in [6, 6.07) is 9.59. The van der Waals surface area contributed by atoms with Crippen LogP contribution in [0.25, 0.3) is 0 Å². The Bertz CT molecular complexity index is 251. The Morgan fingerprint density at radius 3 is 2.82 bits per heavy atom. The molecule has 0 amide bonds. The summed E-state index contributed by atoms with van der Waals surface area (Å²) in [6.07, 6.45) is 0. The van der Waals surface area contributed by atoms with Gasteiger partial charge in [-0.2, -0.15) is 0 Å². The van der Waals surface area contributed by atoms with Gasteiger partial charge in [-0.15, -0.1) is 11.8 Å². The van der Waals surface area contributed by atoms with Crippen molar-refractivity contribution >= 4 is 11.8 Å². The maximum Gasteiger partial charge on any atom is 0.0397 e. The highest BCUT2D eigenvalue weighted by Gasteiger charge is 1.89. The van der Waals surface area contributed by atoms with Crippen molar-refractivity contribution in [2.75, 3.05) is 19.3 Å². The van der Waals surface area contributed by atoms with E-state index in [1.54, 1.807) is 7.05 Å². The van der Waals surface area contributed by atoms with Gasteiger partial charge in [0.15, 0.2) is 0 Å². The molecule has 0 atom stereocenters. The van der Waals surface area contributed by atoms with Gasteiger partial charge in [-0.05, 0) is 19.2 Å². The number of hydrogen-bond acceptors (Lipinski definition) is 2. The zero-order valence-electron chi connectivity index (χ0n) is 8.50. The lowest BCUT2D eigenvalue weighted by molar-refractivity contribution is 0.872. The Kier molecular flexibility index (Phi) is 2.89. The zero-order valence-corrected chi connectivity index (χ0v) is 7.32. The van der Waals surface area contributed by atoms with Crippen LogP contribution in [-0.2, 0) is 0 Å². The minimum atomic E-state index is -1.24. The lowest BCUT2D eigenvalue weighted by Gasteiger charge is -1.99. The Balaban J connectivity index is 2.58. The Morgan fingerprint density at radius 1 is 1.45 bits per heavy atom. The van der Waals surface area contributed by atoms with Gasteiger partial charge in [0.2, 0.25) is 0 Å². The second-order valence-electron chi connectivity index (χ2n) is 2.09. The highest BCUT2D eigenvalue weighted by molar-refractivity contribution is 7.99. The van der Waals surface area contributed by atoms with Crippen LogP contribution in [0.4, 0.5) is 0 Å². The van der Waals surface area contributed by atoms with Crippen molar-refractivity contribution in [3.05, 3.63) is 30.3 Å². The fourth-order valence-corrected chi connectivity index (χ4v) is 1.36. The number of benzene rings is 1. The van der Waals surface area contributed by atoms with Gasteiger partial charge in [0.25, 0.3) is 0 Å². The van der Waals surface area contributed by atoms with Crippen molar-refractivity contribution in [3.63, 3.8) is 0 Å². The van der Waals surface area contributed by atoms with Gasteiger partial charge in [-0.3, -0.25) is 0 Å². The summed E-state index contributed by atoms with van der Waals surface area (Å²) < 4.78 is 15.3. The van der Waals surface area contributed by atoms with Crippen LogP contribution in [0.2, 0.25) is 0 Å². The standard InChI is InChI=1S/C9H13NS/c1-10-7-8-11-9-5-3-2-4-6-9/h2-6,10H,7-8H2,1H3/i8D2. The molecule has 0 unspecified atom stereocenters. The van der Waals surface area contributed by atoms with Crippen molar-refractivity contribution in [2.45, 2.75) is 4.90 Å². The molecule has 1 rings (SSSR count). The third kappa shape index (κ3) is 3.44. The van der Waals surface area contributed by atoms with E-state index in [9.17, 15) is 0 Å². The highest BCUT2D eigenvalue weighted by Crippen LogP contribution is 2.15. The topological polar surface area (TPSA) is 12.0 Å². The molecule has 0 saturated carbocycles. The van der Waals surface area contributed by atoms with Crippen molar-refractivity contribution in [3.8, 4) is 0 Å². The first-order valence-electron chi connectivity index (χ1n) is 4.53. The number of nitrogens with one attached hydrogen (secondary N) is 1. The Labute approximate surface area is 75.0 Å². The molecule has 60 valence electrons. The molecule has 1 N–H and O–H groups in total. The summed E-state index contributed by atoms with van der Waals surface area (Å²) in [4.78, 5) is 0.961. The molecule has 0 fully saturated rings. The Hall–Kier alpha value is -0.470. The first-order chi connectivity index (χ1) is 6.14. The van der Waals surface area contributed by atoms with Crippen LogP contribution in [0.15, 0.2) is 35.2 Å². The van der Waals surface area contributed by atoms with Crippen molar-refractivity contribution in [1.82, 2.24) is 5.32 Å². The number of rotatable bonds is 4. The first kappa shape index (κ1) is 6.09. The largest absolute Gasteiger partial charge is 0.319 e. The molecule has 0 aliphatic rings. The third-order valence-electron chi connectivity index (χ3n) is 1.18. The molecule has 1 aromatic carbocycles. The van der Waals surface area contributed by atoms with Crippen LogP contribution in [0.5, 0.6) is 0 Å². The molecule has 11 heavy (non-hydrogen) atoms. The molecular formula is C9H13NS. The van der Waals surface area contributed by atoms with E-state index in [2.05, 4.69) is 5.32 Å². The summed E-state index contributed by atoms with van der Waals surface area (Å²) >= 11 is 1.24. The lowest BCUT2D eigenvalue weighted by Crippen LogP contribution is -2.09. The summed E-state index contributed by atoms with van der Waals surface area (Å²) in [6.45, 7) is 0.354. The summed E-state index contributed by atoms with van der Waals surface area (Å²) in [7, 11) is 1.75. The second kappa shape index (κ2) is 5.22. The average Bonchev–Trinajstić information content (AvgIpc) is 2.04. The first-order valence-corrected chi connectivity index (χ1v) is 4.34. The van der Waals surface area contributed by atoms with E-state index in [1.165, 1.54) is 11.8 Å². The van der Waals surface area contributed by atoms with E-state index in [0.29, 0.717) is 6.54 Å². The van der Waals surface area contributed by atoms with Crippen LogP contribution in [-0.4, -0.2) is 19.3 Å². The molecule has 0 radical (unpaired) electrons. The van der Waals surface area contributed by atoms with Crippen LogP contribution in [0.1, 0.15) is 2.74 Å². The van der Waals surface area contributed by atoms with Gasteiger partial charge in [-0.1, -0.05) is 18.2 Å². The van der Waals surface area contributed by atoms with Crippen LogP contribution >= 0.6 is 11.8 Å². The number of hydrogen-bond donors (Lipinski definition) is 1. The van der Waals surface area contributed by atoms with E-state index in [-0.39, 0.29) is 0 Å². The molecule has 2 heteroatoms. The van der Waals surface area contributed by atoms with Crippen molar-refractivity contribution in [2.24, 2.45) is 0 Å². The second-order valence-corrected chi connectivity index (χ2v) is 3.05. The number of thioether (sulfide) groups is 1. The van der Waals surface area contributed by atoms with Crippen LogP contribution < -0.4 is 5.32 Å². The molecule has 0 heterocycles. The van der Waals surface area contributed by atoms with Crippen LogP contribution in [0.3, 0.4) is 0 Å². The smallest absolute Gasteiger partial charge is 0.0397 e. The van der Waals surface area contributed by atoms with Gasteiger partial charge in [0, 0.05) is 19.9 Å². The average molecular weight is 169 g/mol. The molecule has 1 aromatic rings. The highest BCUT2D eigenvalue weighted by atomic mass is 32.2.